The van der Waals surface area contributed by atoms with Crippen LogP contribution in [0.1, 0.15) is 47.0 Å². The summed E-state index contributed by atoms with van der Waals surface area (Å²) in [6, 6.07) is 2.90. The number of ether oxygens (including phenoxy) is 1. The lowest BCUT2D eigenvalue weighted by Crippen LogP contribution is -2.47. The van der Waals surface area contributed by atoms with Crippen molar-refractivity contribution < 1.29 is 4.74 Å². The second-order valence-electron chi connectivity index (χ2n) is 5.94. The summed E-state index contributed by atoms with van der Waals surface area (Å²) in [6.07, 6.45) is 3.68. The molecule has 0 saturated carbocycles. The summed E-state index contributed by atoms with van der Waals surface area (Å²) >= 11 is 0. The van der Waals surface area contributed by atoms with Gasteiger partial charge in [0.15, 0.2) is 0 Å². The van der Waals surface area contributed by atoms with Crippen LogP contribution in [-0.2, 0) is 4.74 Å². The standard InChI is InChI=1S/C14H26N2O/c1-12-10-17-13(2)9-16(12)8-6-5-7-14(3,4)11-15/h12-13H,5-10H2,1-4H3. The Kier molecular flexibility index (Phi) is 5.42. The minimum absolute atomic E-state index is 0.163. The van der Waals surface area contributed by atoms with Crippen molar-refractivity contribution in [2.24, 2.45) is 5.41 Å². The molecule has 1 fully saturated rings. The minimum Gasteiger partial charge on any atom is -0.376 e. The maximum atomic E-state index is 8.94. The molecule has 0 aromatic heterocycles. The number of hydrogen-bond acceptors (Lipinski definition) is 3. The van der Waals surface area contributed by atoms with Crippen molar-refractivity contribution in [3.8, 4) is 6.07 Å². The van der Waals surface area contributed by atoms with Crippen molar-refractivity contribution in [3.63, 3.8) is 0 Å². The monoisotopic (exact) mass is 238 g/mol. The molecule has 0 aliphatic carbocycles. The van der Waals surface area contributed by atoms with E-state index in [0.717, 1.165) is 32.5 Å². The molecule has 0 spiro atoms. The Balaban J connectivity index is 2.20. The zero-order valence-corrected chi connectivity index (χ0v) is 11.7. The summed E-state index contributed by atoms with van der Waals surface area (Å²) in [4.78, 5) is 2.51. The van der Waals surface area contributed by atoms with Gasteiger partial charge in [0.1, 0.15) is 0 Å². The summed E-state index contributed by atoms with van der Waals surface area (Å²) in [5.41, 5.74) is -0.163. The number of morpholine rings is 1. The lowest BCUT2D eigenvalue weighted by molar-refractivity contribution is -0.0497. The van der Waals surface area contributed by atoms with Gasteiger partial charge < -0.3 is 4.74 Å². The van der Waals surface area contributed by atoms with E-state index >= 15 is 0 Å². The number of nitriles is 1. The van der Waals surface area contributed by atoms with Gasteiger partial charge in [0.2, 0.25) is 0 Å². The van der Waals surface area contributed by atoms with Crippen molar-refractivity contribution >= 4 is 0 Å². The molecule has 3 nitrogen and oxygen atoms in total. The fraction of sp³-hybridized carbons (Fsp3) is 0.929. The summed E-state index contributed by atoms with van der Waals surface area (Å²) in [6.45, 7) is 11.4. The van der Waals surface area contributed by atoms with Crippen molar-refractivity contribution in [2.45, 2.75) is 59.1 Å². The Hall–Kier alpha value is -0.590. The molecule has 0 amide bonds. The summed E-state index contributed by atoms with van der Waals surface area (Å²) in [5.74, 6) is 0. The molecule has 1 heterocycles. The van der Waals surface area contributed by atoms with E-state index in [-0.39, 0.29) is 5.41 Å². The summed E-state index contributed by atoms with van der Waals surface area (Å²) < 4.78 is 5.61. The van der Waals surface area contributed by atoms with Crippen LogP contribution in [0.4, 0.5) is 0 Å². The molecule has 0 bridgehead atoms. The summed E-state index contributed by atoms with van der Waals surface area (Å²) in [5, 5.41) is 8.94. The lowest BCUT2D eigenvalue weighted by Gasteiger charge is -2.36. The normalized spacial score (nSPS) is 26.8. The first-order valence-electron chi connectivity index (χ1n) is 6.71. The summed E-state index contributed by atoms with van der Waals surface area (Å²) in [7, 11) is 0. The molecule has 98 valence electrons. The fourth-order valence-corrected chi connectivity index (χ4v) is 2.22. The van der Waals surface area contributed by atoms with Crippen molar-refractivity contribution in [3.05, 3.63) is 0 Å². The molecule has 0 aromatic rings. The first kappa shape index (κ1) is 14.5. The molecule has 2 atom stereocenters. The Morgan fingerprint density at radius 2 is 2.06 bits per heavy atom. The van der Waals surface area contributed by atoms with E-state index in [9.17, 15) is 0 Å². The van der Waals surface area contributed by atoms with E-state index in [1.165, 1.54) is 6.42 Å². The smallest absolute Gasteiger partial charge is 0.0683 e. The van der Waals surface area contributed by atoms with Gasteiger partial charge in [-0.2, -0.15) is 5.26 Å². The fourth-order valence-electron chi connectivity index (χ4n) is 2.22. The number of rotatable bonds is 5. The molecule has 1 aliphatic heterocycles. The molecular weight excluding hydrogens is 212 g/mol. The maximum Gasteiger partial charge on any atom is 0.0683 e. The van der Waals surface area contributed by atoms with Gasteiger partial charge in [0.25, 0.3) is 0 Å². The first-order chi connectivity index (χ1) is 7.94. The molecular formula is C14H26N2O. The van der Waals surface area contributed by atoms with E-state index in [2.05, 4.69) is 24.8 Å². The highest BCUT2D eigenvalue weighted by molar-refractivity contribution is 4.91. The first-order valence-corrected chi connectivity index (χ1v) is 6.71. The van der Waals surface area contributed by atoms with Crippen molar-refractivity contribution in [1.29, 1.82) is 5.26 Å². The van der Waals surface area contributed by atoms with Crippen LogP contribution >= 0.6 is 0 Å². The van der Waals surface area contributed by atoms with Crippen LogP contribution < -0.4 is 0 Å². The molecule has 3 heteroatoms. The third-order valence-corrected chi connectivity index (χ3v) is 3.54. The van der Waals surface area contributed by atoms with Gasteiger partial charge in [-0.25, -0.2) is 0 Å². The largest absolute Gasteiger partial charge is 0.376 e. The SMILES string of the molecule is CC1CN(CCCCC(C)(C)C#N)C(C)CO1. The van der Waals surface area contributed by atoms with Gasteiger partial charge in [0.05, 0.1) is 24.2 Å². The molecule has 0 radical (unpaired) electrons. The van der Waals surface area contributed by atoms with Crippen molar-refractivity contribution in [1.82, 2.24) is 4.90 Å². The highest BCUT2D eigenvalue weighted by Gasteiger charge is 2.23. The highest BCUT2D eigenvalue weighted by Crippen LogP contribution is 2.22. The molecule has 0 N–H and O–H groups in total. The van der Waals surface area contributed by atoms with Gasteiger partial charge in [-0.1, -0.05) is 6.42 Å². The Bertz CT molecular complexity index is 270. The minimum atomic E-state index is -0.163. The van der Waals surface area contributed by atoms with Crippen LogP contribution in [0.15, 0.2) is 0 Å². The number of nitrogens with zero attached hydrogens (tertiary/aromatic N) is 2. The van der Waals surface area contributed by atoms with Crippen LogP contribution in [0, 0.1) is 16.7 Å². The van der Waals surface area contributed by atoms with E-state index in [1.54, 1.807) is 0 Å². The predicted molar refractivity (Wildman–Crippen MR) is 69.7 cm³/mol. The highest BCUT2D eigenvalue weighted by atomic mass is 16.5. The zero-order chi connectivity index (χ0) is 12.9. The second kappa shape index (κ2) is 6.37. The average Bonchev–Trinajstić information content (AvgIpc) is 2.29. The predicted octanol–water partition coefficient (Wildman–Crippen LogP) is 2.82. The van der Waals surface area contributed by atoms with Crippen LogP contribution in [0.5, 0.6) is 0 Å². The van der Waals surface area contributed by atoms with Gasteiger partial charge in [0, 0.05) is 12.6 Å². The van der Waals surface area contributed by atoms with Crippen LogP contribution in [0.3, 0.4) is 0 Å². The molecule has 1 aliphatic rings. The average molecular weight is 238 g/mol. The van der Waals surface area contributed by atoms with Crippen LogP contribution in [0.25, 0.3) is 0 Å². The van der Waals surface area contributed by atoms with E-state index in [1.807, 2.05) is 13.8 Å². The Morgan fingerprint density at radius 3 is 2.71 bits per heavy atom. The third kappa shape index (κ3) is 5.06. The van der Waals surface area contributed by atoms with Gasteiger partial charge >= 0.3 is 0 Å². The Morgan fingerprint density at radius 1 is 1.35 bits per heavy atom. The molecule has 17 heavy (non-hydrogen) atoms. The van der Waals surface area contributed by atoms with E-state index < -0.39 is 0 Å². The van der Waals surface area contributed by atoms with Gasteiger partial charge in [-0.15, -0.1) is 0 Å². The van der Waals surface area contributed by atoms with Gasteiger partial charge in [-0.05, 0) is 47.1 Å². The zero-order valence-electron chi connectivity index (χ0n) is 11.7. The number of hydrogen-bond donors (Lipinski definition) is 0. The van der Waals surface area contributed by atoms with Gasteiger partial charge in [-0.3, -0.25) is 4.90 Å². The van der Waals surface area contributed by atoms with Crippen LogP contribution in [0.2, 0.25) is 0 Å². The quantitative estimate of drug-likeness (QED) is 0.691. The molecule has 1 saturated heterocycles. The Labute approximate surface area is 106 Å². The molecule has 0 aromatic carbocycles. The second-order valence-corrected chi connectivity index (χ2v) is 5.94. The lowest BCUT2D eigenvalue weighted by atomic mass is 9.89. The number of unbranched alkanes of at least 4 members (excludes halogenated alkanes) is 1. The topological polar surface area (TPSA) is 36.3 Å². The van der Waals surface area contributed by atoms with E-state index in [4.69, 9.17) is 10.00 Å². The maximum absolute atomic E-state index is 8.94. The van der Waals surface area contributed by atoms with Crippen molar-refractivity contribution in [2.75, 3.05) is 19.7 Å². The molecule has 1 rings (SSSR count). The third-order valence-electron chi connectivity index (χ3n) is 3.54. The molecule has 2 unspecified atom stereocenters. The van der Waals surface area contributed by atoms with Crippen LogP contribution in [-0.4, -0.2) is 36.7 Å². The van der Waals surface area contributed by atoms with E-state index in [0.29, 0.717) is 12.1 Å².